The predicted octanol–water partition coefficient (Wildman–Crippen LogP) is 0.285. The summed E-state index contributed by atoms with van der Waals surface area (Å²) in [5.74, 6) is -0.114. The van der Waals surface area contributed by atoms with Gasteiger partial charge in [-0.2, -0.15) is 0 Å². The molecule has 0 aromatic heterocycles. The minimum atomic E-state index is -3.18. The maximum Gasteiger partial charge on any atom is 0.211 e. The average molecular weight is 169 g/mol. The highest BCUT2D eigenvalue weighted by molar-refractivity contribution is 7.89. The van der Waals surface area contributed by atoms with E-state index < -0.39 is 16.7 Å². The zero-order valence-electron chi connectivity index (χ0n) is 5.93. The van der Waals surface area contributed by atoms with Crippen molar-refractivity contribution in [3.63, 3.8) is 0 Å². The third-order valence-electron chi connectivity index (χ3n) is 0.911. The van der Waals surface area contributed by atoms with E-state index in [0.29, 0.717) is 6.54 Å². The van der Waals surface area contributed by atoms with Crippen LogP contribution in [0.25, 0.3) is 0 Å². The van der Waals surface area contributed by atoms with Gasteiger partial charge in [0.1, 0.15) is 0 Å². The number of alkyl halides is 1. The van der Waals surface area contributed by atoms with E-state index in [2.05, 4.69) is 4.72 Å². The molecule has 0 unspecified atom stereocenters. The Hall–Kier alpha value is -0.160. The molecular formula is C5H12FNO2S. The van der Waals surface area contributed by atoms with Gasteiger partial charge in [0.05, 0.1) is 12.4 Å². The first kappa shape index (κ1) is 9.84. The van der Waals surface area contributed by atoms with Crippen LogP contribution in [0.15, 0.2) is 0 Å². The molecule has 3 nitrogen and oxygen atoms in total. The van der Waals surface area contributed by atoms with Crippen LogP contribution in [0.3, 0.4) is 0 Å². The van der Waals surface area contributed by atoms with E-state index in [0.717, 1.165) is 0 Å². The lowest BCUT2D eigenvalue weighted by Crippen LogP contribution is -2.26. The molecule has 0 rings (SSSR count). The van der Waals surface area contributed by atoms with Crippen LogP contribution >= 0.6 is 0 Å². The lowest BCUT2D eigenvalue weighted by atomic mass is 10.6. The predicted molar refractivity (Wildman–Crippen MR) is 38.1 cm³/mol. The smallest absolute Gasteiger partial charge is 0.211 e. The first-order valence-electron chi connectivity index (χ1n) is 3.15. The molecule has 5 heteroatoms. The van der Waals surface area contributed by atoms with E-state index >= 15 is 0 Å². The maximum atomic E-state index is 11.5. The molecule has 10 heavy (non-hydrogen) atoms. The van der Waals surface area contributed by atoms with E-state index in [1.807, 2.05) is 0 Å². The number of rotatable bonds is 5. The summed E-state index contributed by atoms with van der Waals surface area (Å²) in [5, 5.41) is 0. The SMILES string of the molecule is CCNS(=O)(=O)CCCF. The first-order chi connectivity index (χ1) is 4.62. The summed E-state index contributed by atoms with van der Waals surface area (Å²) in [7, 11) is -3.18. The Balaban J connectivity index is 3.65. The molecule has 0 aromatic rings. The molecule has 0 aromatic carbocycles. The molecule has 0 aliphatic heterocycles. The van der Waals surface area contributed by atoms with Crippen molar-refractivity contribution in [2.24, 2.45) is 0 Å². The van der Waals surface area contributed by atoms with Crippen LogP contribution < -0.4 is 4.72 Å². The Morgan fingerprint density at radius 1 is 1.50 bits per heavy atom. The quantitative estimate of drug-likeness (QED) is 0.642. The maximum absolute atomic E-state index is 11.5. The van der Waals surface area contributed by atoms with Gasteiger partial charge in [-0.25, -0.2) is 13.1 Å². The Morgan fingerprint density at radius 2 is 2.10 bits per heavy atom. The monoisotopic (exact) mass is 169 g/mol. The van der Waals surface area contributed by atoms with E-state index in [9.17, 15) is 12.8 Å². The summed E-state index contributed by atoms with van der Waals surface area (Å²) < 4.78 is 35.2. The topological polar surface area (TPSA) is 46.2 Å². The van der Waals surface area contributed by atoms with Crippen molar-refractivity contribution in [2.45, 2.75) is 13.3 Å². The van der Waals surface area contributed by atoms with Gasteiger partial charge in [-0.15, -0.1) is 0 Å². The van der Waals surface area contributed by atoms with E-state index in [1.54, 1.807) is 6.92 Å². The Labute approximate surface area is 60.7 Å². The molecule has 0 amide bonds. The summed E-state index contributed by atoms with van der Waals surface area (Å²) >= 11 is 0. The molecule has 0 saturated heterocycles. The fraction of sp³-hybridized carbons (Fsp3) is 1.00. The summed E-state index contributed by atoms with van der Waals surface area (Å²) in [6.45, 7) is 1.48. The Morgan fingerprint density at radius 3 is 2.50 bits per heavy atom. The van der Waals surface area contributed by atoms with Gasteiger partial charge in [-0.1, -0.05) is 6.92 Å². The third-order valence-corrected chi connectivity index (χ3v) is 2.47. The third kappa shape index (κ3) is 4.69. The highest BCUT2D eigenvalue weighted by Crippen LogP contribution is 1.88. The van der Waals surface area contributed by atoms with Gasteiger partial charge in [-0.3, -0.25) is 4.39 Å². The number of hydrogen-bond acceptors (Lipinski definition) is 2. The number of sulfonamides is 1. The van der Waals surface area contributed by atoms with Gasteiger partial charge in [0.15, 0.2) is 0 Å². The molecule has 0 bridgehead atoms. The van der Waals surface area contributed by atoms with Crippen molar-refractivity contribution in [2.75, 3.05) is 19.0 Å². The van der Waals surface area contributed by atoms with Crippen molar-refractivity contribution in [3.8, 4) is 0 Å². The van der Waals surface area contributed by atoms with Crippen LogP contribution in [0.4, 0.5) is 4.39 Å². The van der Waals surface area contributed by atoms with E-state index in [4.69, 9.17) is 0 Å². The van der Waals surface area contributed by atoms with E-state index in [1.165, 1.54) is 0 Å². The molecule has 0 spiro atoms. The molecule has 62 valence electrons. The standard InChI is InChI=1S/C5H12FNO2S/c1-2-7-10(8,9)5-3-4-6/h7H,2-5H2,1H3. The second-order valence-electron chi connectivity index (χ2n) is 1.86. The lowest BCUT2D eigenvalue weighted by Gasteiger charge is -2.00. The summed E-state index contributed by atoms with van der Waals surface area (Å²) in [4.78, 5) is 0. The van der Waals surface area contributed by atoms with Crippen molar-refractivity contribution in [3.05, 3.63) is 0 Å². The highest BCUT2D eigenvalue weighted by Gasteiger charge is 2.06. The fourth-order valence-corrected chi connectivity index (χ4v) is 1.61. The molecular weight excluding hydrogens is 157 g/mol. The van der Waals surface area contributed by atoms with Crippen molar-refractivity contribution in [1.82, 2.24) is 4.72 Å². The minimum Gasteiger partial charge on any atom is -0.251 e. The van der Waals surface area contributed by atoms with Crippen LogP contribution in [0, 0.1) is 0 Å². The highest BCUT2D eigenvalue weighted by atomic mass is 32.2. The van der Waals surface area contributed by atoms with Crippen LogP contribution in [-0.4, -0.2) is 27.4 Å². The van der Waals surface area contributed by atoms with Gasteiger partial charge < -0.3 is 0 Å². The van der Waals surface area contributed by atoms with Crippen LogP contribution in [-0.2, 0) is 10.0 Å². The van der Waals surface area contributed by atoms with Gasteiger partial charge >= 0.3 is 0 Å². The molecule has 0 aliphatic carbocycles. The van der Waals surface area contributed by atoms with Gasteiger partial charge in [0.2, 0.25) is 10.0 Å². The molecule has 0 fully saturated rings. The fourth-order valence-electron chi connectivity index (χ4n) is 0.537. The Bertz CT molecular complexity index is 166. The first-order valence-corrected chi connectivity index (χ1v) is 4.81. The van der Waals surface area contributed by atoms with Gasteiger partial charge in [-0.05, 0) is 6.42 Å². The summed E-state index contributed by atoms with van der Waals surface area (Å²) in [6, 6.07) is 0. The number of nitrogens with one attached hydrogen (secondary N) is 1. The molecule has 0 atom stereocenters. The van der Waals surface area contributed by atoms with Crippen molar-refractivity contribution in [1.29, 1.82) is 0 Å². The van der Waals surface area contributed by atoms with Crippen LogP contribution in [0.1, 0.15) is 13.3 Å². The molecule has 0 radical (unpaired) electrons. The normalized spacial score (nSPS) is 11.8. The van der Waals surface area contributed by atoms with E-state index in [-0.39, 0.29) is 12.2 Å². The summed E-state index contributed by atoms with van der Waals surface area (Å²) in [6.07, 6.45) is 0.0787. The molecule has 0 saturated carbocycles. The molecule has 1 N–H and O–H groups in total. The average Bonchev–Trinajstić information content (AvgIpc) is 1.84. The van der Waals surface area contributed by atoms with Gasteiger partial charge in [0, 0.05) is 6.54 Å². The lowest BCUT2D eigenvalue weighted by molar-refractivity contribution is 0.483. The van der Waals surface area contributed by atoms with Crippen LogP contribution in [0.2, 0.25) is 0 Å². The zero-order valence-corrected chi connectivity index (χ0v) is 6.75. The number of hydrogen-bond donors (Lipinski definition) is 1. The second-order valence-corrected chi connectivity index (χ2v) is 3.79. The van der Waals surface area contributed by atoms with Crippen molar-refractivity contribution >= 4 is 10.0 Å². The summed E-state index contributed by atoms with van der Waals surface area (Å²) in [5.41, 5.74) is 0. The zero-order chi connectivity index (χ0) is 8.04. The number of halogens is 1. The Kier molecular flexibility index (Phi) is 4.55. The molecule has 0 heterocycles. The molecule has 0 aliphatic rings. The van der Waals surface area contributed by atoms with Gasteiger partial charge in [0.25, 0.3) is 0 Å². The minimum absolute atomic E-state index is 0.0787. The van der Waals surface area contributed by atoms with Crippen LogP contribution in [0.5, 0.6) is 0 Å². The van der Waals surface area contributed by atoms with Crippen molar-refractivity contribution < 1.29 is 12.8 Å². The largest absolute Gasteiger partial charge is 0.251 e. The second kappa shape index (κ2) is 4.62.